The predicted octanol–water partition coefficient (Wildman–Crippen LogP) is 3.24. The van der Waals surface area contributed by atoms with Gasteiger partial charge in [-0.3, -0.25) is 0 Å². The van der Waals surface area contributed by atoms with Crippen LogP contribution in [0.1, 0.15) is 24.4 Å². The number of nitrogens with zero attached hydrogens (tertiary/aromatic N) is 1. The molecule has 0 bridgehead atoms. The van der Waals surface area contributed by atoms with Crippen molar-refractivity contribution in [2.24, 2.45) is 0 Å². The van der Waals surface area contributed by atoms with E-state index in [0.29, 0.717) is 10.2 Å². The van der Waals surface area contributed by atoms with E-state index in [1.807, 2.05) is 30.3 Å². The molecule has 1 amide bonds. The highest BCUT2D eigenvalue weighted by Crippen LogP contribution is 2.18. The molecule has 0 aliphatic rings. The molecule has 0 saturated carbocycles. The maximum absolute atomic E-state index is 11.8. The largest absolute Gasteiger partial charge is 0.445 e. The highest BCUT2D eigenvalue weighted by atomic mass is 32.1. The van der Waals surface area contributed by atoms with Gasteiger partial charge >= 0.3 is 11.7 Å². The van der Waals surface area contributed by atoms with Crippen molar-refractivity contribution < 1.29 is 13.9 Å². The van der Waals surface area contributed by atoms with Crippen LogP contribution in [0.4, 0.5) is 4.79 Å². The van der Waals surface area contributed by atoms with E-state index in [4.69, 9.17) is 9.15 Å². The van der Waals surface area contributed by atoms with E-state index in [1.54, 1.807) is 18.4 Å². The number of benzene rings is 1. The second kappa shape index (κ2) is 6.62. The average molecular weight is 330 g/mol. The highest BCUT2D eigenvalue weighted by molar-refractivity contribution is 7.16. The molecule has 1 unspecified atom stereocenters. The lowest BCUT2D eigenvalue weighted by Crippen LogP contribution is -2.28. The summed E-state index contributed by atoms with van der Waals surface area (Å²) in [6, 6.07) is 10.4. The van der Waals surface area contributed by atoms with E-state index in [1.165, 1.54) is 11.3 Å². The van der Waals surface area contributed by atoms with Crippen LogP contribution in [0.2, 0.25) is 0 Å². The number of fused-ring (bicyclic) bond motifs is 1. The summed E-state index contributed by atoms with van der Waals surface area (Å²) in [6.07, 6.45) is -0.600. The van der Waals surface area contributed by atoms with E-state index in [0.717, 1.165) is 5.56 Å². The Kier molecular flexibility index (Phi) is 4.38. The van der Waals surface area contributed by atoms with Crippen molar-refractivity contribution in [3.05, 3.63) is 63.7 Å². The zero-order chi connectivity index (χ0) is 16.2. The summed E-state index contributed by atoms with van der Waals surface area (Å²) in [5, 5.41) is 4.81. The topological polar surface area (TPSA) is 81.4 Å². The molecule has 1 atom stereocenters. The Hall–Kier alpha value is -2.67. The molecule has 1 aromatic carbocycles. The van der Waals surface area contributed by atoms with Crippen LogP contribution in [-0.2, 0) is 11.3 Å². The first-order valence-corrected chi connectivity index (χ1v) is 7.87. The van der Waals surface area contributed by atoms with E-state index in [9.17, 15) is 9.59 Å². The summed E-state index contributed by atoms with van der Waals surface area (Å²) < 4.78 is 10.3. The smallest absolute Gasteiger partial charge is 0.408 e. The van der Waals surface area contributed by atoms with E-state index in [-0.39, 0.29) is 12.5 Å². The van der Waals surface area contributed by atoms with Crippen molar-refractivity contribution in [3.8, 4) is 0 Å². The molecule has 3 aromatic rings. The number of amides is 1. The molecule has 1 N–H and O–H groups in total. The maximum Gasteiger partial charge on any atom is 0.408 e. The predicted molar refractivity (Wildman–Crippen MR) is 86.3 cm³/mol. The number of hydrogen-bond donors (Lipinski definition) is 1. The van der Waals surface area contributed by atoms with Crippen LogP contribution in [0.3, 0.4) is 0 Å². The quantitative estimate of drug-likeness (QED) is 0.794. The Morgan fingerprint density at radius 3 is 2.91 bits per heavy atom. The number of ether oxygens (including phenoxy) is 1. The van der Waals surface area contributed by atoms with Gasteiger partial charge in [0.1, 0.15) is 17.5 Å². The van der Waals surface area contributed by atoms with Crippen LogP contribution in [0.15, 0.2) is 51.0 Å². The standard InChI is InChI=1S/C16H14N2O4S/c1-10(13-18-14-12(7-8-23-14)15(19)22-13)17-16(20)21-9-11-5-3-2-4-6-11/h2-8,10H,9H2,1H3,(H,17,20). The number of aromatic nitrogens is 1. The average Bonchev–Trinajstić information content (AvgIpc) is 3.03. The minimum atomic E-state index is -0.600. The number of rotatable bonds is 4. The van der Waals surface area contributed by atoms with Gasteiger partial charge in [-0.25, -0.2) is 14.6 Å². The molecule has 7 heteroatoms. The van der Waals surface area contributed by atoms with Crippen molar-refractivity contribution in [2.45, 2.75) is 19.6 Å². The van der Waals surface area contributed by atoms with Crippen molar-refractivity contribution in [2.75, 3.05) is 0 Å². The van der Waals surface area contributed by atoms with Crippen LogP contribution < -0.4 is 10.9 Å². The summed E-state index contributed by atoms with van der Waals surface area (Å²) in [4.78, 5) is 28.5. The Balaban J connectivity index is 1.64. The van der Waals surface area contributed by atoms with Crippen molar-refractivity contribution >= 4 is 27.6 Å². The third kappa shape index (κ3) is 3.57. The first-order valence-electron chi connectivity index (χ1n) is 6.99. The van der Waals surface area contributed by atoms with Crippen molar-refractivity contribution in [3.63, 3.8) is 0 Å². The molecule has 6 nitrogen and oxygen atoms in total. The third-order valence-corrected chi connectivity index (χ3v) is 4.00. The SMILES string of the molecule is CC(NC(=O)OCc1ccccc1)c1nc2sccc2c(=O)o1. The van der Waals surface area contributed by atoms with E-state index in [2.05, 4.69) is 10.3 Å². The minimum absolute atomic E-state index is 0.154. The third-order valence-electron chi connectivity index (χ3n) is 3.19. The summed E-state index contributed by atoms with van der Waals surface area (Å²) in [7, 11) is 0. The van der Waals surface area contributed by atoms with Gasteiger partial charge in [0.25, 0.3) is 0 Å². The normalized spacial score (nSPS) is 12.0. The lowest BCUT2D eigenvalue weighted by atomic mass is 10.2. The Morgan fingerprint density at radius 2 is 2.13 bits per heavy atom. The van der Waals surface area contributed by atoms with Gasteiger partial charge in [0.15, 0.2) is 0 Å². The molecular formula is C16H14N2O4S. The second-order valence-electron chi connectivity index (χ2n) is 4.91. The van der Waals surface area contributed by atoms with Crippen molar-refractivity contribution in [1.82, 2.24) is 10.3 Å². The molecule has 0 aliphatic carbocycles. The Labute approximate surface area is 135 Å². The number of alkyl carbamates (subject to hydrolysis) is 1. The summed E-state index contributed by atoms with van der Waals surface area (Å²) in [5.41, 5.74) is 0.428. The summed E-state index contributed by atoms with van der Waals surface area (Å²) >= 11 is 1.34. The number of carbonyl (C=O) groups excluding carboxylic acids is 1. The Morgan fingerprint density at radius 1 is 1.35 bits per heavy atom. The summed E-state index contributed by atoms with van der Waals surface area (Å²) in [6.45, 7) is 1.84. The summed E-state index contributed by atoms with van der Waals surface area (Å²) in [5.74, 6) is 0.154. The van der Waals surface area contributed by atoms with Gasteiger partial charge in [-0.1, -0.05) is 30.3 Å². The molecule has 0 radical (unpaired) electrons. The van der Waals surface area contributed by atoms with E-state index < -0.39 is 17.8 Å². The zero-order valence-corrected chi connectivity index (χ0v) is 13.1. The molecule has 0 aliphatic heterocycles. The number of hydrogen-bond acceptors (Lipinski definition) is 6. The molecule has 0 fully saturated rings. The lowest BCUT2D eigenvalue weighted by Gasteiger charge is -2.12. The molecule has 3 rings (SSSR count). The fourth-order valence-corrected chi connectivity index (χ4v) is 2.76. The molecule has 118 valence electrons. The molecule has 0 spiro atoms. The van der Waals surface area contributed by atoms with Gasteiger partial charge in [0.2, 0.25) is 5.89 Å². The van der Waals surface area contributed by atoms with Crippen LogP contribution >= 0.6 is 11.3 Å². The number of carbonyl (C=O) groups is 1. The fourth-order valence-electron chi connectivity index (χ4n) is 2.00. The fraction of sp³-hybridized carbons (Fsp3) is 0.188. The first-order chi connectivity index (χ1) is 11.1. The molecule has 2 aromatic heterocycles. The van der Waals surface area contributed by atoms with Gasteiger partial charge < -0.3 is 14.5 Å². The van der Waals surface area contributed by atoms with Crippen molar-refractivity contribution in [1.29, 1.82) is 0 Å². The minimum Gasteiger partial charge on any atom is -0.445 e. The van der Waals surface area contributed by atoms with E-state index >= 15 is 0 Å². The van der Waals surface area contributed by atoms with Crippen LogP contribution in [0.25, 0.3) is 10.2 Å². The van der Waals surface area contributed by atoms with Gasteiger partial charge in [-0.05, 0) is 23.9 Å². The molecule has 2 heterocycles. The van der Waals surface area contributed by atoms with Crippen LogP contribution in [0, 0.1) is 0 Å². The second-order valence-corrected chi connectivity index (χ2v) is 5.80. The van der Waals surface area contributed by atoms with Crippen LogP contribution in [0.5, 0.6) is 0 Å². The maximum atomic E-state index is 11.8. The number of thiophene rings is 1. The molecule has 23 heavy (non-hydrogen) atoms. The van der Waals surface area contributed by atoms with Gasteiger partial charge in [0.05, 0.1) is 5.39 Å². The Bertz CT molecular complexity index is 872. The zero-order valence-electron chi connectivity index (χ0n) is 12.3. The highest BCUT2D eigenvalue weighted by Gasteiger charge is 2.17. The van der Waals surface area contributed by atoms with Gasteiger partial charge in [0, 0.05) is 0 Å². The van der Waals surface area contributed by atoms with Crippen LogP contribution in [-0.4, -0.2) is 11.1 Å². The van der Waals surface area contributed by atoms with Gasteiger partial charge in [-0.2, -0.15) is 0 Å². The molecular weight excluding hydrogens is 316 g/mol. The first kappa shape index (κ1) is 15.2. The number of nitrogens with one attached hydrogen (secondary N) is 1. The van der Waals surface area contributed by atoms with Gasteiger partial charge in [-0.15, -0.1) is 11.3 Å². The lowest BCUT2D eigenvalue weighted by molar-refractivity contribution is 0.134. The molecule has 0 saturated heterocycles. The monoisotopic (exact) mass is 330 g/mol.